The Bertz CT molecular complexity index is 309. The summed E-state index contributed by atoms with van der Waals surface area (Å²) in [6.45, 7) is 5.27. The fourth-order valence-electron chi connectivity index (χ4n) is 1.18. The van der Waals surface area contributed by atoms with Gasteiger partial charge in [0.25, 0.3) is 0 Å². The number of thiazole rings is 1. The van der Waals surface area contributed by atoms with Gasteiger partial charge in [-0.3, -0.25) is 4.79 Å². The SMILES string of the molecule is CC(=O)CCN(C)Cc1csc(C)n1. The van der Waals surface area contributed by atoms with Gasteiger partial charge in [0.2, 0.25) is 0 Å². The molecule has 0 amide bonds. The quantitative estimate of drug-likeness (QED) is 0.747. The van der Waals surface area contributed by atoms with Crippen molar-refractivity contribution < 1.29 is 4.79 Å². The molecule has 1 rings (SSSR count). The zero-order chi connectivity index (χ0) is 10.6. The molecule has 3 nitrogen and oxygen atoms in total. The first-order valence-electron chi connectivity index (χ1n) is 4.67. The molecule has 1 heterocycles. The van der Waals surface area contributed by atoms with E-state index in [0.29, 0.717) is 6.42 Å². The maximum Gasteiger partial charge on any atom is 0.131 e. The lowest BCUT2D eigenvalue weighted by Gasteiger charge is -2.13. The van der Waals surface area contributed by atoms with Crippen LogP contribution in [0, 0.1) is 6.92 Å². The molecule has 0 aliphatic rings. The summed E-state index contributed by atoms with van der Waals surface area (Å²) >= 11 is 1.67. The second kappa shape index (κ2) is 5.22. The maximum absolute atomic E-state index is 10.8. The molecule has 0 aromatic carbocycles. The van der Waals surface area contributed by atoms with Crippen molar-refractivity contribution in [2.24, 2.45) is 0 Å². The highest BCUT2D eigenvalue weighted by Crippen LogP contribution is 2.09. The molecule has 0 saturated carbocycles. The number of carbonyl (C=O) groups excluding carboxylic acids is 1. The Morgan fingerprint density at radius 3 is 2.86 bits per heavy atom. The molecule has 78 valence electrons. The average molecular weight is 212 g/mol. The molecule has 0 fully saturated rings. The van der Waals surface area contributed by atoms with Crippen LogP contribution < -0.4 is 0 Å². The summed E-state index contributed by atoms with van der Waals surface area (Å²) in [5.41, 5.74) is 1.10. The highest BCUT2D eigenvalue weighted by atomic mass is 32.1. The van der Waals surface area contributed by atoms with Crippen LogP contribution in [0.25, 0.3) is 0 Å². The van der Waals surface area contributed by atoms with Gasteiger partial charge in [0.15, 0.2) is 0 Å². The summed E-state index contributed by atoms with van der Waals surface area (Å²) in [6, 6.07) is 0. The lowest BCUT2D eigenvalue weighted by Crippen LogP contribution is -2.20. The molecule has 0 unspecified atom stereocenters. The number of rotatable bonds is 5. The molecule has 14 heavy (non-hydrogen) atoms. The molecule has 0 radical (unpaired) electrons. The molecule has 0 spiro atoms. The van der Waals surface area contributed by atoms with Crippen LogP contribution in [-0.4, -0.2) is 29.3 Å². The third-order valence-corrected chi connectivity index (χ3v) is 2.77. The molecule has 0 atom stereocenters. The van der Waals surface area contributed by atoms with Crippen molar-refractivity contribution in [1.29, 1.82) is 0 Å². The summed E-state index contributed by atoms with van der Waals surface area (Å²) in [7, 11) is 2.01. The summed E-state index contributed by atoms with van der Waals surface area (Å²) < 4.78 is 0. The van der Waals surface area contributed by atoms with E-state index in [1.54, 1.807) is 18.3 Å². The second-order valence-electron chi connectivity index (χ2n) is 3.55. The highest BCUT2D eigenvalue weighted by Gasteiger charge is 2.04. The predicted molar refractivity (Wildman–Crippen MR) is 58.5 cm³/mol. The van der Waals surface area contributed by atoms with Crippen LogP contribution in [0.2, 0.25) is 0 Å². The molecule has 0 N–H and O–H groups in total. The summed E-state index contributed by atoms with van der Waals surface area (Å²) in [5, 5.41) is 3.17. The van der Waals surface area contributed by atoms with E-state index >= 15 is 0 Å². The van der Waals surface area contributed by atoms with Gasteiger partial charge in [-0.05, 0) is 20.9 Å². The van der Waals surface area contributed by atoms with Crippen molar-refractivity contribution >= 4 is 17.1 Å². The van der Waals surface area contributed by atoms with Crippen LogP contribution in [0.15, 0.2) is 5.38 Å². The third kappa shape index (κ3) is 3.98. The van der Waals surface area contributed by atoms with E-state index in [-0.39, 0.29) is 5.78 Å². The summed E-state index contributed by atoms with van der Waals surface area (Å²) in [6.07, 6.45) is 0.625. The fourth-order valence-corrected chi connectivity index (χ4v) is 1.79. The van der Waals surface area contributed by atoms with Crippen molar-refractivity contribution in [3.63, 3.8) is 0 Å². The standard InChI is InChI=1S/C10H16N2OS/c1-8(13)4-5-12(3)6-10-7-14-9(2)11-10/h7H,4-6H2,1-3H3. The van der Waals surface area contributed by atoms with Crippen LogP contribution in [0.3, 0.4) is 0 Å². The van der Waals surface area contributed by atoms with Gasteiger partial charge in [-0.15, -0.1) is 11.3 Å². The van der Waals surface area contributed by atoms with Gasteiger partial charge in [-0.2, -0.15) is 0 Å². The van der Waals surface area contributed by atoms with Crippen molar-refractivity contribution in [1.82, 2.24) is 9.88 Å². The monoisotopic (exact) mass is 212 g/mol. The van der Waals surface area contributed by atoms with Crippen LogP contribution in [0.4, 0.5) is 0 Å². The van der Waals surface area contributed by atoms with E-state index in [4.69, 9.17) is 0 Å². The Balaban J connectivity index is 2.33. The van der Waals surface area contributed by atoms with E-state index in [1.165, 1.54) is 0 Å². The van der Waals surface area contributed by atoms with E-state index in [9.17, 15) is 4.79 Å². The van der Waals surface area contributed by atoms with Crippen LogP contribution >= 0.6 is 11.3 Å². The topological polar surface area (TPSA) is 33.2 Å². The van der Waals surface area contributed by atoms with Crippen LogP contribution in [-0.2, 0) is 11.3 Å². The summed E-state index contributed by atoms with van der Waals surface area (Å²) in [5.74, 6) is 0.242. The van der Waals surface area contributed by atoms with Crippen molar-refractivity contribution in [2.45, 2.75) is 26.8 Å². The Labute approximate surface area is 88.8 Å². The van der Waals surface area contributed by atoms with Gasteiger partial charge in [0, 0.05) is 24.9 Å². The van der Waals surface area contributed by atoms with Crippen molar-refractivity contribution in [2.75, 3.05) is 13.6 Å². The number of Topliss-reactive ketones (excluding diaryl/α,β-unsaturated/α-hetero) is 1. The lowest BCUT2D eigenvalue weighted by molar-refractivity contribution is -0.117. The molecular weight excluding hydrogens is 196 g/mol. The number of carbonyl (C=O) groups is 1. The smallest absolute Gasteiger partial charge is 0.131 e. The lowest BCUT2D eigenvalue weighted by atomic mass is 10.3. The van der Waals surface area contributed by atoms with Gasteiger partial charge in [0.1, 0.15) is 5.78 Å². The van der Waals surface area contributed by atoms with E-state index in [1.807, 2.05) is 14.0 Å². The molecule has 1 aromatic rings. The molecule has 0 saturated heterocycles. The normalized spacial score (nSPS) is 10.9. The fraction of sp³-hybridized carbons (Fsp3) is 0.600. The third-order valence-electron chi connectivity index (χ3n) is 1.94. The zero-order valence-electron chi connectivity index (χ0n) is 8.91. The number of nitrogens with zero attached hydrogens (tertiary/aromatic N) is 2. The minimum atomic E-state index is 0.242. The van der Waals surface area contributed by atoms with Crippen LogP contribution in [0.5, 0.6) is 0 Å². The van der Waals surface area contributed by atoms with Crippen LogP contribution in [0.1, 0.15) is 24.0 Å². The second-order valence-corrected chi connectivity index (χ2v) is 4.61. The van der Waals surface area contributed by atoms with Gasteiger partial charge >= 0.3 is 0 Å². The van der Waals surface area contributed by atoms with Gasteiger partial charge < -0.3 is 4.90 Å². The van der Waals surface area contributed by atoms with E-state index < -0.39 is 0 Å². The van der Waals surface area contributed by atoms with Gasteiger partial charge in [-0.25, -0.2) is 4.98 Å². The van der Waals surface area contributed by atoms with Crippen molar-refractivity contribution in [3.05, 3.63) is 16.1 Å². The molecule has 0 bridgehead atoms. The maximum atomic E-state index is 10.8. The molecule has 0 aliphatic heterocycles. The molecule has 1 aromatic heterocycles. The minimum absolute atomic E-state index is 0.242. The molecule has 4 heteroatoms. The Morgan fingerprint density at radius 2 is 2.36 bits per heavy atom. The Morgan fingerprint density at radius 1 is 1.64 bits per heavy atom. The first-order valence-corrected chi connectivity index (χ1v) is 5.55. The van der Waals surface area contributed by atoms with Gasteiger partial charge in [0.05, 0.1) is 10.7 Å². The number of aryl methyl sites for hydroxylation is 1. The number of hydrogen-bond donors (Lipinski definition) is 0. The van der Waals surface area contributed by atoms with E-state index in [2.05, 4.69) is 15.3 Å². The molecular formula is C10H16N2OS. The molecule has 0 aliphatic carbocycles. The average Bonchev–Trinajstić information content (AvgIpc) is 2.48. The first-order chi connectivity index (χ1) is 6.58. The number of aromatic nitrogens is 1. The first kappa shape index (κ1) is 11.3. The highest BCUT2D eigenvalue weighted by molar-refractivity contribution is 7.09. The zero-order valence-corrected chi connectivity index (χ0v) is 9.73. The number of ketones is 1. The van der Waals surface area contributed by atoms with Gasteiger partial charge in [-0.1, -0.05) is 0 Å². The number of hydrogen-bond acceptors (Lipinski definition) is 4. The largest absolute Gasteiger partial charge is 0.300 e. The minimum Gasteiger partial charge on any atom is -0.300 e. The Hall–Kier alpha value is -0.740. The predicted octanol–water partition coefficient (Wildman–Crippen LogP) is 1.86. The van der Waals surface area contributed by atoms with Crippen molar-refractivity contribution in [3.8, 4) is 0 Å². The Kier molecular flexibility index (Phi) is 4.22. The summed E-state index contributed by atoms with van der Waals surface area (Å²) in [4.78, 5) is 17.3. The van der Waals surface area contributed by atoms with E-state index in [0.717, 1.165) is 23.8 Å².